The average Bonchev–Trinajstić information content (AvgIpc) is 2.50. The lowest BCUT2D eigenvalue weighted by Crippen LogP contribution is -2.46. The van der Waals surface area contributed by atoms with Gasteiger partial charge in [0.2, 0.25) is 0 Å². The average molecular weight is 177 g/mol. The van der Waals surface area contributed by atoms with Gasteiger partial charge in [0.15, 0.2) is 0 Å². The predicted molar refractivity (Wildman–Crippen MR) is 52.0 cm³/mol. The minimum Gasteiger partial charge on any atom is -0.309 e. The number of rotatable bonds is 1. The second-order valence-corrected chi connectivity index (χ2v) is 3.69. The summed E-state index contributed by atoms with van der Waals surface area (Å²) in [7, 11) is 2.07. The minimum atomic E-state index is -0.283. The first-order valence-electron chi connectivity index (χ1n) is 4.64. The van der Waals surface area contributed by atoms with E-state index in [0.29, 0.717) is 0 Å². The molecule has 1 saturated heterocycles. The van der Waals surface area contributed by atoms with E-state index in [2.05, 4.69) is 23.0 Å². The summed E-state index contributed by atoms with van der Waals surface area (Å²) in [5.74, 6) is 0. The molecule has 0 aliphatic carbocycles. The number of likely N-dealkylation sites (tertiary alicyclic amines) is 1. The van der Waals surface area contributed by atoms with Crippen LogP contribution < -0.4 is 5.73 Å². The Bertz CT molecular complexity index is 285. The van der Waals surface area contributed by atoms with Crippen molar-refractivity contribution in [1.29, 1.82) is 0 Å². The maximum Gasteiger partial charge on any atom is 0.0962 e. The quantitative estimate of drug-likeness (QED) is 0.693. The van der Waals surface area contributed by atoms with Crippen molar-refractivity contribution in [3.63, 3.8) is 0 Å². The summed E-state index contributed by atoms with van der Waals surface area (Å²) >= 11 is 0. The standard InChI is InChI=1S/C10H15N3/c1-13-7-3-5-10(13,11)9-4-2-6-12-8-9/h2,4,6,8H,3,5,7,11H2,1H3/t10-/m0/s1. The van der Waals surface area contributed by atoms with E-state index in [1.807, 2.05) is 12.3 Å². The van der Waals surface area contributed by atoms with Gasteiger partial charge in [0, 0.05) is 24.5 Å². The lowest BCUT2D eigenvalue weighted by molar-refractivity contribution is 0.182. The van der Waals surface area contributed by atoms with Gasteiger partial charge in [-0.3, -0.25) is 9.88 Å². The summed E-state index contributed by atoms with van der Waals surface area (Å²) in [6.07, 6.45) is 5.83. The molecular weight excluding hydrogens is 162 g/mol. The molecule has 2 heterocycles. The number of pyridine rings is 1. The number of nitrogens with two attached hydrogens (primary N) is 1. The van der Waals surface area contributed by atoms with Crippen molar-refractivity contribution in [3.05, 3.63) is 30.1 Å². The van der Waals surface area contributed by atoms with E-state index in [-0.39, 0.29) is 5.66 Å². The van der Waals surface area contributed by atoms with Gasteiger partial charge in [-0.1, -0.05) is 6.07 Å². The normalized spacial score (nSPS) is 29.4. The monoisotopic (exact) mass is 177 g/mol. The topological polar surface area (TPSA) is 42.1 Å². The lowest BCUT2D eigenvalue weighted by Gasteiger charge is -2.32. The molecule has 0 bridgehead atoms. The molecule has 1 atom stereocenters. The first-order chi connectivity index (χ1) is 6.23. The summed E-state index contributed by atoms with van der Waals surface area (Å²) in [6, 6.07) is 3.99. The first-order valence-corrected chi connectivity index (χ1v) is 4.64. The highest BCUT2D eigenvalue weighted by Gasteiger charge is 2.36. The minimum absolute atomic E-state index is 0.283. The second kappa shape index (κ2) is 3.09. The van der Waals surface area contributed by atoms with Gasteiger partial charge < -0.3 is 5.73 Å². The molecule has 0 saturated carbocycles. The van der Waals surface area contributed by atoms with Crippen LogP contribution in [-0.2, 0) is 5.66 Å². The molecule has 3 nitrogen and oxygen atoms in total. The van der Waals surface area contributed by atoms with Gasteiger partial charge in [-0.15, -0.1) is 0 Å². The maximum absolute atomic E-state index is 6.31. The van der Waals surface area contributed by atoms with E-state index in [1.54, 1.807) is 6.20 Å². The van der Waals surface area contributed by atoms with Crippen LogP contribution >= 0.6 is 0 Å². The van der Waals surface area contributed by atoms with Gasteiger partial charge in [0.05, 0.1) is 5.66 Å². The zero-order chi connectivity index (χ0) is 9.31. The Labute approximate surface area is 78.6 Å². The second-order valence-electron chi connectivity index (χ2n) is 3.69. The molecule has 0 spiro atoms. The zero-order valence-electron chi connectivity index (χ0n) is 7.90. The van der Waals surface area contributed by atoms with Crippen LogP contribution in [0.1, 0.15) is 18.4 Å². The fourth-order valence-corrected chi connectivity index (χ4v) is 1.96. The molecule has 0 unspecified atom stereocenters. The smallest absolute Gasteiger partial charge is 0.0962 e. The van der Waals surface area contributed by atoms with Crippen molar-refractivity contribution in [3.8, 4) is 0 Å². The van der Waals surface area contributed by atoms with Gasteiger partial charge >= 0.3 is 0 Å². The molecule has 2 rings (SSSR count). The summed E-state index contributed by atoms with van der Waals surface area (Å²) in [4.78, 5) is 6.30. The van der Waals surface area contributed by atoms with E-state index in [4.69, 9.17) is 5.73 Å². The van der Waals surface area contributed by atoms with Crippen molar-refractivity contribution in [2.24, 2.45) is 5.73 Å². The van der Waals surface area contributed by atoms with Crippen LogP contribution in [0.2, 0.25) is 0 Å². The molecule has 13 heavy (non-hydrogen) atoms. The molecule has 2 N–H and O–H groups in total. The first kappa shape index (κ1) is 8.66. The molecule has 1 aliphatic heterocycles. The maximum atomic E-state index is 6.31. The summed E-state index contributed by atoms with van der Waals surface area (Å²) in [6.45, 7) is 1.07. The van der Waals surface area contributed by atoms with Gasteiger partial charge in [0.1, 0.15) is 0 Å². The summed E-state index contributed by atoms with van der Waals surface area (Å²) in [5, 5.41) is 0. The Morgan fingerprint density at radius 1 is 1.62 bits per heavy atom. The predicted octanol–water partition coefficient (Wildman–Crippen LogP) is 0.919. The van der Waals surface area contributed by atoms with Crippen LogP contribution in [0.15, 0.2) is 24.5 Å². The molecule has 1 fully saturated rings. The van der Waals surface area contributed by atoms with E-state index in [0.717, 1.165) is 18.5 Å². The lowest BCUT2D eigenvalue weighted by atomic mass is 10.00. The Morgan fingerprint density at radius 3 is 3.00 bits per heavy atom. The van der Waals surface area contributed by atoms with Gasteiger partial charge in [-0.2, -0.15) is 0 Å². The third kappa shape index (κ3) is 1.34. The SMILES string of the molecule is CN1CCC[C@@]1(N)c1cccnc1. The Balaban J connectivity index is 2.34. The van der Waals surface area contributed by atoms with Crippen LogP contribution in [0.3, 0.4) is 0 Å². The van der Waals surface area contributed by atoms with E-state index >= 15 is 0 Å². The van der Waals surface area contributed by atoms with Gasteiger partial charge in [-0.25, -0.2) is 0 Å². The highest BCUT2D eigenvalue weighted by Crippen LogP contribution is 2.31. The highest BCUT2D eigenvalue weighted by molar-refractivity contribution is 5.20. The van der Waals surface area contributed by atoms with E-state index in [1.165, 1.54) is 6.42 Å². The van der Waals surface area contributed by atoms with Crippen molar-refractivity contribution < 1.29 is 0 Å². The van der Waals surface area contributed by atoms with Crippen LogP contribution in [0.4, 0.5) is 0 Å². The third-order valence-electron chi connectivity index (χ3n) is 2.89. The molecule has 3 heteroatoms. The molecule has 70 valence electrons. The summed E-state index contributed by atoms with van der Waals surface area (Å²) < 4.78 is 0. The highest BCUT2D eigenvalue weighted by atomic mass is 15.3. The van der Waals surface area contributed by atoms with E-state index < -0.39 is 0 Å². The number of hydrogen-bond donors (Lipinski definition) is 1. The molecular formula is C10H15N3. The van der Waals surface area contributed by atoms with Crippen molar-refractivity contribution in [2.45, 2.75) is 18.5 Å². The molecule has 0 amide bonds. The van der Waals surface area contributed by atoms with Crippen molar-refractivity contribution in [2.75, 3.05) is 13.6 Å². The number of aromatic nitrogens is 1. The zero-order valence-corrected chi connectivity index (χ0v) is 7.90. The van der Waals surface area contributed by atoms with Gasteiger partial charge in [0.25, 0.3) is 0 Å². The molecule has 0 aromatic carbocycles. The van der Waals surface area contributed by atoms with Crippen molar-refractivity contribution >= 4 is 0 Å². The molecule has 0 radical (unpaired) electrons. The van der Waals surface area contributed by atoms with E-state index in [9.17, 15) is 0 Å². The van der Waals surface area contributed by atoms with Crippen LogP contribution in [-0.4, -0.2) is 23.5 Å². The van der Waals surface area contributed by atoms with Crippen LogP contribution in [0, 0.1) is 0 Å². The Hall–Kier alpha value is -0.930. The van der Waals surface area contributed by atoms with Gasteiger partial charge in [-0.05, 0) is 26.0 Å². The molecule has 1 aromatic heterocycles. The number of nitrogens with zero attached hydrogens (tertiary/aromatic N) is 2. The number of hydrogen-bond acceptors (Lipinski definition) is 3. The molecule has 1 aromatic rings. The third-order valence-corrected chi connectivity index (χ3v) is 2.89. The fourth-order valence-electron chi connectivity index (χ4n) is 1.96. The largest absolute Gasteiger partial charge is 0.309 e. The molecule has 1 aliphatic rings. The Morgan fingerprint density at radius 2 is 2.46 bits per heavy atom. The Kier molecular flexibility index (Phi) is 2.06. The van der Waals surface area contributed by atoms with Crippen LogP contribution in [0.5, 0.6) is 0 Å². The summed E-state index contributed by atoms with van der Waals surface area (Å²) in [5.41, 5.74) is 7.15. The van der Waals surface area contributed by atoms with Crippen molar-refractivity contribution in [1.82, 2.24) is 9.88 Å². The fraction of sp³-hybridized carbons (Fsp3) is 0.500. The van der Waals surface area contributed by atoms with Crippen LogP contribution in [0.25, 0.3) is 0 Å².